The first kappa shape index (κ1) is 14.7. The van der Waals surface area contributed by atoms with Crippen molar-refractivity contribution in [2.24, 2.45) is 0 Å². The topological polar surface area (TPSA) is 29.1 Å². The lowest BCUT2D eigenvalue weighted by molar-refractivity contribution is 0.102. The molecule has 0 fully saturated rings. The molecular weight excluding hydrogens is 327 g/mol. The molecule has 0 saturated carbocycles. The van der Waals surface area contributed by atoms with Crippen molar-refractivity contribution in [2.75, 3.05) is 5.32 Å². The molecule has 2 aromatic rings. The van der Waals surface area contributed by atoms with Crippen LogP contribution in [0.4, 0.5) is 14.5 Å². The molecule has 100 valence electrons. The fourth-order valence-corrected chi connectivity index (χ4v) is 2.21. The molecule has 0 aliphatic rings. The van der Waals surface area contributed by atoms with Gasteiger partial charge in [0, 0.05) is 10.0 Å². The number of benzene rings is 2. The predicted octanol–water partition coefficient (Wildman–Crippen LogP) is 3.08. The van der Waals surface area contributed by atoms with E-state index in [1.54, 1.807) is 25.1 Å². The van der Waals surface area contributed by atoms with Crippen LogP contribution in [0.25, 0.3) is 0 Å². The van der Waals surface area contributed by atoms with Crippen molar-refractivity contribution in [2.45, 2.75) is 6.92 Å². The molecule has 2 nitrogen and oxygen atoms in total. The number of aryl methyl sites for hydroxylation is 1. The highest BCUT2D eigenvalue weighted by Gasteiger charge is 2.15. The van der Waals surface area contributed by atoms with Gasteiger partial charge in [0.2, 0.25) is 0 Å². The lowest BCUT2D eigenvalue weighted by Crippen LogP contribution is -2.18. The van der Waals surface area contributed by atoms with E-state index >= 15 is 0 Å². The number of amides is 1. The minimum Gasteiger partial charge on any atom is -0.319 e. The molecule has 20 heavy (non-hydrogen) atoms. The molecule has 0 aliphatic carbocycles. The fourth-order valence-electron chi connectivity index (χ4n) is 1.73. The van der Waals surface area contributed by atoms with Gasteiger partial charge in [-0.2, -0.15) is 0 Å². The van der Waals surface area contributed by atoms with E-state index in [-0.39, 0.29) is 11.2 Å². The summed E-state index contributed by atoms with van der Waals surface area (Å²) < 4.78 is 27.8. The summed E-state index contributed by atoms with van der Waals surface area (Å²) in [5.41, 5.74) is 0.544. The van der Waals surface area contributed by atoms with Gasteiger partial charge < -0.3 is 5.32 Å². The Hall–Kier alpha value is -1.69. The van der Waals surface area contributed by atoms with Crippen LogP contribution in [0.3, 0.4) is 0 Å². The van der Waals surface area contributed by atoms with Gasteiger partial charge in [0.15, 0.2) is 11.6 Å². The van der Waals surface area contributed by atoms with Crippen LogP contribution in [0.15, 0.2) is 34.8 Å². The number of halogens is 3. The highest BCUT2D eigenvalue weighted by atomic mass is 79.9. The lowest BCUT2D eigenvalue weighted by atomic mass is 9.95. The molecule has 2 radical (unpaired) electrons. The first-order valence-electron chi connectivity index (χ1n) is 5.71. The Kier molecular flexibility index (Phi) is 4.23. The predicted molar refractivity (Wildman–Crippen MR) is 78.6 cm³/mol. The summed E-state index contributed by atoms with van der Waals surface area (Å²) in [5, 5.41) is 2.33. The van der Waals surface area contributed by atoms with Crippen molar-refractivity contribution in [1.82, 2.24) is 0 Å². The van der Waals surface area contributed by atoms with E-state index < -0.39 is 17.5 Å². The molecule has 1 N–H and O–H groups in total. The summed E-state index contributed by atoms with van der Waals surface area (Å²) in [6.45, 7) is 1.75. The summed E-state index contributed by atoms with van der Waals surface area (Å²) in [6.07, 6.45) is 0. The largest absolute Gasteiger partial charge is 0.319 e. The molecule has 2 aromatic carbocycles. The molecule has 2 rings (SSSR count). The van der Waals surface area contributed by atoms with Crippen LogP contribution in [0.1, 0.15) is 15.9 Å². The van der Waals surface area contributed by atoms with Gasteiger partial charge >= 0.3 is 0 Å². The van der Waals surface area contributed by atoms with E-state index in [4.69, 9.17) is 7.85 Å². The van der Waals surface area contributed by atoms with Crippen molar-refractivity contribution in [3.05, 3.63) is 57.6 Å². The van der Waals surface area contributed by atoms with E-state index in [1.165, 1.54) is 12.1 Å². The SMILES string of the molecule is [B]c1ccc(NC(=O)c2ccc(Br)cc2C)c(F)c1F. The number of hydrogen-bond acceptors (Lipinski definition) is 1. The Labute approximate surface area is 124 Å². The normalized spacial score (nSPS) is 10.4. The number of carbonyl (C=O) groups is 1. The Morgan fingerprint density at radius 3 is 2.55 bits per heavy atom. The molecule has 0 atom stereocenters. The van der Waals surface area contributed by atoms with Crippen molar-refractivity contribution < 1.29 is 13.6 Å². The second-order valence-electron chi connectivity index (χ2n) is 4.24. The number of hydrogen-bond donors (Lipinski definition) is 1. The zero-order valence-corrected chi connectivity index (χ0v) is 12.1. The van der Waals surface area contributed by atoms with Crippen LogP contribution in [-0.2, 0) is 0 Å². The van der Waals surface area contributed by atoms with Crippen LogP contribution in [0, 0.1) is 18.6 Å². The Morgan fingerprint density at radius 2 is 1.90 bits per heavy atom. The van der Waals surface area contributed by atoms with Crippen LogP contribution in [0.5, 0.6) is 0 Å². The first-order chi connectivity index (χ1) is 9.40. The van der Waals surface area contributed by atoms with E-state index in [0.717, 1.165) is 4.47 Å². The minimum atomic E-state index is -1.17. The standard InChI is InChI=1S/C14H9BBrF2NO/c1-7-6-8(16)2-3-9(7)14(20)19-11-5-4-10(15)12(17)13(11)18/h2-6H,1H3,(H,19,20). The van der Waals surface area contributed by atoms with Gasteiger partial charge in [-0.05, 0) is 36.8 Å². The second kappa shape index (κ2) is 5.75. The molecule has 6 heteroatoms. The van der Waals surface area contributed by atoms with Crippen molar-refractivity contribution in [3.8, 4) is 0 Å². The van der Waals surface area contributed by atoms with E-state index in [0.29, 0.717) is 11.1 Å². The third-order valence-corrected chi connectivity index (χ3v) is 3.29. The van der Waals surface area contributed by atoms with Crippen molar-refractivity contribution in [1.29, 1.82) is 0 Å². The molecular formula is C14H9BBrF2NO. The number of anilines is 1. The smallest absolute Gasteiger partial charge is 0.256 e. The molecule has 0 unspecified atom stereocenters. The Morgan fingerprint density at radius 1 is 1.20 bits per heavy atom. The molecule has 0 heterocycles. The average molecular weight is 336 g/mol. The summed E-state index contributed by atoms with van der Waals surface area (Å²) in [4.78, 5) is 12.0. The lowest BCUT2D eigenvalue weighted by Gasteiger charge is -2.10. The summed E-state index contributed by atoms with van der Waals surface area (Å²) in [6, 6.07) is 7.47. The van der Waals surface area contributed by atoms with E-state index in [1.807, 2.05) is 0 Å². The maximum atomic E-state index is 13.6. The second-order valence-corrected chi connectivity index (χ2v) is 5.16. The molecule has 0 bridgehead atoms. The van der Waals surface area contributed by atoms with Gasteiger partial charge in [-0.15, -0.1) is 0 Å². The molecule has 0 saturated heterocycles. The Balaban J connectivity index is 2.30. The number of rotatable bonds is 2. The molecule has 1 amide bonds. The molecule has 0 aromatic heterocycles. The maximum absolute atomic E-state index is 13.6. The Bertz CT molecular complexity index is 691. The monoisotopic (exact) mass is 335 g/mol. The highest BCUT2D eigenvalue weighted by molar-refractivity contribution is 9.10. The average Bonchev–Trinajstić information content (AvgIpc) is 2.39. The van der Waals surface area contributed by atoms with Crippen LogP contribution < -0.4 is 10.8 Å². The maximum Gasteiger partial charge on any atom is 0.256 e. The minimum absolute atomic E-state index is 0.246. The summed E-state index contributed by atoms with van der Waals surface area (Å²) in [5.74, 6) is -2.86. The van der Waals surface area contributed by atoms with Gasteiger partial charge in [-0.25, -0.2) is 8.78 Å². The highest BCUT2D eigenvalue weighted by Crippen LogP contribution is 2.19. The van der Waals surface area contributed by atoms with E-state index in [2.05, 4.69) is 21.2 Å². The summed E-state index contributed by atoms with van der Waals surface area (Å²) >= 11 is 3.29. The number of carbonyl (C=O) groups excluding carboxylic acids is 1. The van der Waals surface area contributed by atoms with Crippen LogP contribution in [0.2, 0.25) is 0 Å². The molecule has 0 spiro atoms. The zero-order valence-electron chi connectivity index (χ0n) is 10.5. The van der Waals surface area contributed by atoms with Crippen molar-refractivity contribution in [3.63, 3.8) is 0 Å². The quantitative estimate of drug-likeness (QED) is 0.840. The molecule has 0 aliphatic heterocycles. The summed E-state index contributed by atoms with van der Waals surface area (Å²) in [7, 11) is 5.24. The first-order valence-corrected chi connectivity index (χ1v) is 6.50. The van der Waals surface area contributed by atoms with Gasteiger partial charge in [-0.1, -0.05) is 27.5 Å². The van der Waals surface area contributed by atoms with E-state index in [9.17, 15) is 13.6 Å². The third-order valence-electron chi connectivity index (χ3n) is 2.79. The zero-order chi connectivity index (χ0) is 14.9. The van der Waals surface area contributed by atoms with Crippen molar-refractivity contribution >= 4 is 40.8 Å². The van der Waals surface area contributed by atoms with Gasteiger partial charge in [-0.3, -0.25) is 4.79 Å². The number of nitrogens with one attached hydrogen (secondary N) is 1. The van der Waals surface area contributed by atoms with Gasteiger partial charge in [0.1, 0.15) is 7.85 Å². The van der Waals surface area contributed by atoms with Gasteiger partial charge in [0.05, 0.1) is 5.69 Å². The fraction of sp³-hybridized carbons (Fsp3) is 0.0714. The van der Waals surface area contributed by atoms with Crippen LogP contribution in [-0.4, -0.2) is 13.8 Å². The van der Waals surface area contributed by atoms with Crippen LogP contribution >= 0.6 is 15.9 Å². The third kappa shape index (κ3) is 2.90. The van der Waals surface area contributed by atoms with Gasteiger partial charge in [0.25, 0.3) is 5.91 Å².